The molecule has 0 spiro atoms. The smallest absolute Gasteiger partial charge is 0.0121 e. The maximum atomic E-state index is 3.90. The molecule has 0 aromatic carbocycles. The zero-order valence-corrected chi connectivity index (χ0v) is 11.2. The molecule has 0 aromatic heterocycles. The van der Waals surface area contributed by atoms with Gasteiger partial charge in [0, 0.05) is 12.1 Å². The van der Waals surface area contributed by atoms with Gasteiger partial charge in [-0.15, -0.1) is 0 Å². The van der Waals surface area contributed by atoms with Crippen LogP contribution in [0, 0.1) is 17.8 Å². The van der Waals surface area contributed by atoms with E-state index in [4.69, 9.17) is 0 Å². The molecule has 15 heavy (non-hydrogen) atoms. The predicted molar refractivity (Wildman–Crippen MR) is 68.0 cm³/mol. The Morgan fingerprint density at radius 3 is 2.07 bits per heavy atom. The summed E-state index contributed by atoms with van der Waals surface area (Å²) < 4.78 is 0. The van der Waals surface area contributed by atoms with Crippen LogP contribution in [0.25, 0.3) is 0 Å². The molecule has 1 rings (SSSR count). The molecule has 0 aliphatic heterocycles. The van der Waals surface area contributed by atoms with Crippen LogP contribution in [0.1, 0.15) is 60.3 Å². The number of rotatable bonds is 4. The van der Waals surface area contributed by atoms with Crippen molar-refractivity contribution in [2.45, 2.75) is 72.4 Å². The Morgan fingerprint density at radius 1 is 1.13 bits per heavy atom. The molecular weight excluding hydrogens is 182 g/mol. The van der Waals surface area contributed by atoms with Crippen molar-refractivity contribution in [1.29, 1.82) is 0 Å². The fourth-order valence-corrected chi connectivity index (χ4v) is 3.04. The van der Waals surface area contributed by atoms with E-state index in [0.29, 0.717) is 6.04 Å². The van der Waals surface area contributed by atoms with E-state index in [1.165, 1.54) is 25.7 Å². The minimum absolute atomic E-state index is 0.706. The van der Waals surface area contributed by atoms with Crippen LogP contribution >= 0.6 is 0 Å². The Bertz CT molecular complexity index is 166. The first-order valence-electron chi connectivity index (χ1n) is 6.82. The van der Waals surface area contributed by atoms with Crippen LogP contribution in [0.3, 0.4) is 0 Å². The molecular formula is C14H29N. The normalized spacial score (nSPS) is 34.4. The summed E-state index contributed by atoms with van der Waals surface area (Å²) in [4.78, 5) is 0. The second kappa shape index (κ2) is 5.89. The van der Waals surface area contributed by atoms with E-state index in [2.05, 4.69) is 39.9 Å². The summed E-state index contributed by atoms with van der Waals surface area (Å²) in [6.07, 6.45) is 5.51. The van der Waals surface area contributed by atoms with Gasteiger partial charge in [-0.3, -0.25) is 0 Å². The molecule has 0 heterocycles. The third-order valence-corrected chi connectivity index (χ3v) is 4.20. The summed E-state index contributed by atoms with van der Waals surface area (Å²) >= 11 is 0. The summed E-state index contributed by atoms with van der Waals surface area (Å²) in [5.74, 6) is 2.49. The highest BCUT2D eigenvalue weighted by Gasteiger charge is 2.29. The summed E-state index contributed by atoms with van der Waals surface area (Å²) in [5, 5.41) is 3.90. The Labute approximate surface area is 96.0 Å². The lowest BCUT2D eigenvalue weighted by atomic mass is 9.78. The fourth-order valence-electron chi connectivity index (χ4n) is 3.04. The number of hydrogen-bond donors (Lipinski definition) is 1. The van der Waals surface area contributed by atoms with Crippen LogP contribution in [0.2, 0.25) is 0 Å². The maximum absolute atomic E-state index is 3.90. The van der Waals surface area contributed by atoms with Gasteiger partial charge in [0.25, 0.3) is 0 Å². The maximum Gasteiger partial charge on any atom is 0.0121 e. The third kappa shape index (κ3) is 3.48. The van der Waals surface area contributed by atoms with Gasteiger partial charge in [-0.1, -0.05) is 41.0 Å². The Kier molecular flexibility index (Phi) is 5.11. The molecule has 3 unspecified atom stereocenters. The third-order valence-electron chi connectivity index (χ3n) is 4.20. The van der Waals surface area contributed by atoms with E-state index in [1.54, 1.807) is 0 Å². The average molecular weight is 211 g/mol. The zero-order valence-electron chi connectivity index (χ0n) is 11.2. The van der Waals surface area contributed by atoms with Gasteiger partial charge in [-0.25, -0.2) is 0 Å². The topological polar surface area (TPSA) is 12.0 Å². The summed E-state index contributed by atoms with van der Waals surface area (Å²) in [6, 6.07) is 1.46. The Hall–Kier alpha value is -0.0400. The highest BCUT2D eigenvalue weighted by Crippen LogP contribution is 2.29. The van der Waals surface area contributed by atoms with E-state index in [0.717, 1.165) is 23.8 Å². The largest absolute Gasteiger partial charge is 0.310 e. The standard InChI is InChI=1S/C14H29N/c1-6-13(10(2)3)15-14-11(4)8-7-9-12(14)5/h10-15H,6-9H2,1-5H3. The lowest BCUT2D eigenvalue weighted by Crippen LogP contribution is -2.49. The van der Waals surface area contributed by atoms with E-state index in [-0.39, 0.29) is 0 Å². The minimum Gasteiger partial charge on any atom is -0.310 e. The molecule has 3 atom stereocenters. The molecule has 1 aliphatic carbocycles. The van der Waals surface area contributed by atoms with Gasteiger partial charge in [0.1, 0.15) is 0 Å². The van der Waals surface area contributed by atoms with Gasteiger partial charge in [-0.05, 0) is 37.0 Å². The molecule has 1 N–H and O–H groups in total. The zero-order chi connectivity index (χ0) is 11.4. The van der Waals surface area contributed by atoms with Crippen LogP contribution in [-0.4, -0.2) is 12.1 Å². The molecule has 0 amide bonds. The van der Waals surface area contributed by atoms with Gasteiger partial charge in [0.15, 0.2) is 0 Å². The SMILES string of the molecule is CCC(NC1C(C)CCCC1C)C(C)C. The van der Waals surface area contributed by atoms with Crippen molar-refractivity contribution in [2.75, 3.05) is 0 Å². The number of hydrogen-bond acceptors (Lipinski definition) is 1. The minimum atomic E-state index is 0.706. The van der Waals surface area contributed by atoms with E-state index in [1.807, 2.05) is 0 Å². The molecule has 0 radical (unpaired) electrons. The van der Waals surface area contributed by atoms with Gasteiger partial charge in [-0.2, -0.15) is 0 Å². The van der Waals surface area contributed by atoms with Gasteiger partial charge < -0.3 is 5.32 Å². The van der Waals surface area contributed by atoms with Crippen molar-refractivity contribution in [2.24, 2.45) is 17.8 Å². The van der Waals surface area contributed by atoms with E-state index in [9.17, 15) is 0 Å². The van der Waals surface area contributed by atoms with Crippen LogP contribution in [0.15, 0.2) is 0 Å². The second-order valence-electron chi connectivity index (χ2n) is 5.84. The highest BCUT2D eigenvalue weighted by molar-refractivity contribution is 4.86. The molecule has 0 aromatic rings. The lowest BCUT2D eigenvalue weighted by Gasteiger charge is -2.39. The monoisotopic (exact) mass is 211 g/mol. The molecule has 1 heteroatoms. The van der Waals surface area contributed by atoms with Gasteiger partial charge >= 0.3 is 0 Å². The van der Waals surface area contributed by atoms with Crippen LogP contribution in [0.4, 0.5) is 0 Å². The van der Waals surface area contributed by atoms with Crippen molar-refractivity contribution >= 4 is 0 Å². The molecule has 1 fully saturated rings. The number of nitrogens with one attached hydrogen (secondary N) is 1. The second-order valence-corrected chi connectivity index (χ2v) is 5.84. The lowest BCUT2D eigenvalue weighted by molar-refractivity contribution is 0.177. The van der Waals surface area contributed by atoms with Crippen molar-refractivity contribution in [1.82, 2.24) is 5.32 Å². The fraction of sp³-hybridized carbons (Fsp3) is 1.00. The molecule has 1 saturated carbocycles. The first-order valence-corrected chi connectivity index (χ1v) is 6.82. The summed E-state index contributed by atoms with van der Waals surface area (Å²) in [6.45, 7) is 11.8. The summed E-state index contributed by atoms with van der Waals surface area (Å²) in [5.41, 5.74) is 0. The van der Waals surface area contributed by atoms with Crippen LogP contribution in [0.5, 0.6) is 0 Å². The van der Waals surface area contributed by atoms with Crippen molar-refractivity contribution < 1.29 is 0 Å². The highest BCUT2D eigenvalue weighted by atomic mass is 15.0. The van der Waals surface area contributed by atoms with Crippen molar-refractivity contribution in [3.8, 4) is 0 Å². The summed E-state index contributed by atoms with van der Waals surface area (Å²) in [7, 11) is 0. The predicted octanol–water partition coefficient (Wildman–Crippen LogP) is 3.84. The van der Waals surface area contributed by atoms with Gasteiger partial charge in [0.05, 0.1) is 0 Å². The van der Waals surface area contributed by atoms with Gasteiger partial charge in [0.2, 0.25) is 0 Å². The molecule has 90 valence electrons. The van der Waals surface area contributed by atoms with Crippen molar-refractivity contribution in [3.63, 3.8) is 0 Å². The Balaban J connectivity index is 2.53. The molecule has 0 saturated heterocycles. The van der Waals surface area contributed by atoms with E-state index < -0.39 is 0 Å². The van der Waals surface area contributed by atoms with Crippen LogP contribution in [-0.2, 0) is 0 Å². The van der Waals surface area contributed by atoms with Crippen molar-refractivity contribution in [3.05, 3.63) is 0 Å². The quantitative estimate of drug-likeness (QED) is 0.745. The Morgan fingerprint density at radius 2 is 1.67 bits per heavy atom. The van der Waals surface area contributed by atoms with Crippen LogP contribution < -0.4 is 5.32 Å². The molecule has 1 aliphatic rings. The average Bonchev–Trinajstić information content (AvgIpc) is 2.17. The first kappa shape index (κ1) is 13.0. The van der Waals surface area contributed by atoms with E-state index >= 15 is 0 Å². The molecule has 0 bridgehead atoms. The first-order chi connectivity index (χ1) is 7.06. The molecule has 1 nitrogen and oxygen atoms in total.